The Kier molecular flexibility index (Phi) is 6.05. The molecule has 0 aliphatic rings. The van der Waals surface area contributed by atoms with Crippen LogP contribution in [0.3, 0.4) is 0 Å². The predicted octanol–water partition coefficient (Wildman–Crippen LogP) is 3.55. The number of nitrogens with one attached hydrogen (secondary N) is 1. The minimum atomic E-state index is -0.846. The number of aryl methyl sites for hydroxylation is 1. The molecule has 7 heteroatoms. The molecule has 1 aromatic carbocycles. The van der Waals surface area contributed by atoms with E-state index in [0.29, 0.717) is 17.2 Å². The van der Waals surface area contributed by atoms with E-state index in [9.17, 15) is 9.59 Å². The first-order chi connectivity index (χ1) is 12.6. The Morgan fingerprint density at radius 1 is 1.15 bits per heavy atom. The number of hydrogen-bond donors (Lipinski definition) is 2. The molecule has 0 aliphatic carbocycles. The van der Waals surface area contributed by atoms with Gasteiger partial charge in [0.05, 0.1) is 11.4 Å². The quantitative estimate of drug-likeness (QED) is 0.858. The molecule has 27 heavy (non-hydrogen) atoms. The third-order valence-corrected chi connectivity index (χ3v) is 3.59. The summed E-state index contributed by atoms with van der Waals surface area (Å²) in [5, 5.41) is 2.57. The van der Waals surface area contributed by atoms with E-state index in [0.717, 1.165) is 5.69 Å². The van der Waals surface area contributed by atoms with Gasteiger partial charge in [0.1, 0.15) is 11.6 Å². The van der Waals surface area contributed by atoms with E-state index in [4.69, 9.17) is 10.5 Å². The minimum absolute atomic E-state index is 0.323. The van der Waals surface area contributed by atoms with Crippen LogP contribution in [0.4, 0.5) is 22.0 Å². The average molecular weight is 370 g/mol. The number of carbonyl (C=O) groups is 2. The SMILES string of the molecule is Cc1ccc(N)c(N(C(=O)[C@H](C)NC(=O)OC(C)(C)C)c2ccccc2)n1. The van der Waals surface area contributed by atoms with Gasteiger partial charge in [-0.25, -0.2) is 9.78 Å². The number of nitrogens with two attached hydrogens (primary N) is 1. The van der Waals surface area contributed by atoms with E-state index < -0.39 is 17.7 Å². The Morgan fingerprint density at radius 3 is 2.37 bits per heavy atom. The maximum absolute atomic E-state index is 13.2. The zero-order valence-corrected chi connectivity index (χ0v) is 16.3. The molecule has 0 unspecified atom stereocenters. The van der Waals surface area contributed by atoms with Crippen molar-refractivity contribution in [2.75, 3.05) is 10.6 Å². The van der Waals surface area contributed by atoms with Gasteiger partial charge in [0.25, 0.3) is 5.91 Å². The Hall–Kier alpha value is -3.09. The summed E-state index contributed by atoms with van der Waals surface area (Å²) in [4.78, 5) is 31.0. The number of rotatable bonds is 4. The third-order valence-electron chi connectivity index (χ3n) is 3.59. The molecule has 0 bridgehead atoms. The number of nitrogens with zero attached hydrogens (tertiary/aromatic N) is 2. The second-order valence-electron chi connectivity index (χ2n) is 7.24. The number of alkyl carbamates (subject to hydrolysis) is 1. The molecule has 0 spiro atoms. The fraction of sp³-hybridized carbons (Fsp3) is 0.350. The maximum Gasteiger partial charge on any atom is 0.408 e. The molecule has 144 valence electrons. The van der Waals surface area contributed by atoms with Crippen LogP contribution in [0.25, 0.3) is 0 Å². The Morgan fingerprint density at radius 2 is 1.78 bits per heavy atom. The molecule has 1 atom stereocenters. The molecule has 1 heterocycles. The van der Waals surface area contributed by atoms with Crippen LogP contribution >= 0.6 is 0 Å². The number of benzene rings is 1. The van der Waals surface area contributed by atoms with Crippen molar-refractivity contribution in [1.82, 2.24) is 10.3 Å². The molecular weight excluding hydrogens is 344 g/mol. The Bertz CT molecular complexity index is 816. The third kappa shape index (κ3) is 5.44. The van der Waals surface area contributed by atoms with Crippen molar-refractivity contribution < 1.29 is 14.3 Å². The van der Waals surface area contributed by atoms with Crippen molar-refractivity contribution in [1.29, 1.82) is 0 Å². The predicted molar refractivity (Wildman–Crippen MR) is 106 cm³/mol. The van der Waals surface area contributed by atoms with E-state index in [1.54, 1.807) is 52.0 Å². The number of para-hydroxylation sites is 1. The van der Waals surface area contributed by atoms with Crippen LogP contribution < -0.4 is 16.0 Å². The van der Waals surface area contributed by atoms with Crippen LogP contribution in [0.1, 0.15) is 33.4 Å². The number of anilines is 3. The lowest BCUT2D eigenvalue weighted by molar-refractivity contribution is -0.119. The summed E-state index contributed by atoms with van der Waals surface area (Å²) in [6.07, 6.45) is -0.665. The monoisotopic (exact) mass is 370 g/mol. The van der Waals surface area contributed by atoms with E-state index in [-0.39, 0.29) is 5.91 Å². The van der Waals surface area contributed by atoms with Gasteiger partial charge in [0, 0.05) is 5.69 Å². The van der Waals surface area contributed by atoms with E-state index in [1.807, 2.05) is 25.1 Å². The van der Waals surface area contributed by atoms with Crippen molar-refractivity contribution in [3.8, 4) is 0 Å². The van der Waals surface area contributed by atoms with Gasteiger partial charge in [-0.3, -0.25) is 9.69 Å². The standard InChI is InChI=1S/C20H26N4O3/c1-13-11-12-16(21)17(22-13)24(15-9-7-6-8-10-15)18(25)14(2)23-19(26)27-20(3,4)5/h6-12,14H,21H2,1-5H3,(H,23,26)/t14-/m0/s1. The summed E-state index contributed by atoms with van der Waals surface area (Å²) >= 11 is 0. The zero-order valence-electron chi connectivity index (χ0n) is 16.3. The molecule has 0 radical (unpaired) electrons. The highest BCUT2D eigenvalue weighted by molar-refractivity contribution is 6.05. The van der Waals surface area contributed by atoms with E-state index in [1.165, 1.54) is 4.90 Å². The van der Waals surface area contributed by atoms with Crippen LogP contribution in [-0.4, -0.2) is 28.6 Å². The van der Waals surface area contributed by atoms with Gasteiger partial charge in [-0.05, 0) is 58.9 Å². The summed E-state index contributed by atoms with van der Waals surface area (Å²) < 4.78 is 5.23. The van der Waals surface area contributed by atoms with Crippen LogP contribution in [0, 0.1) is 6.92 Å². The van der Waals surface area contributed by atoms with Crippen molar-refractivity contribution >= 4 is 29.2 Å². The molecule has 1 aromatic heterocycles. The summed E-state index contributed by atoms with van der Waals surface area (Å²) in [6.45, 7) is 8.68. The largest absolute Gasteiger partial charge is 0.444 e. The van der Waals surface area contributed by atoms with Gasteiger partial charge in [0.2, 0.25) is 0 Å². The Labute approximate surface area is 159 Å². The number of pyridine rings is 1. The molecule has 2 aromatic rings. The average Bonchev–Trinajstić information content (AvgIpc) is 2.57. The zero-order chi connectivity index (χ0) is 20.2. The number of ether oxygens (including phenoxy) is 1. The van der Waals surface area contributed by atoms with Gasteiger partial charge in [-0.1, -0.05) is 18.2 Å². The topological polar surface area (TPSA) is 97.6 Å². The lowest BCUT2D eigenvalue weighted by Crippen LogP contribution is -2.47. The van der Waals surface area contributed by atoms with Crippen molar-refractivity contribution in [3.05, 3.63) is 48.2 Å². The van der Waals surface area contributed by atoms with E-state index >= 15 is 0 Å². The molecule has 0 saturated carbocycles. The molecular formula is C20H26N4O3. The van der Waals surface area contributed by atoms with Gasteiger partial charge in [-0.15, -0.1) is 0 Å². The summed E-state index contributed by atoms with van der Waals surface area (Å²) in [6, 6.07) is 11.7. The smallest absolute Gasteiger partial charge is 0.408 e. The first-order valence-electron chi connectivity index (χ1n) is 8.70. The minimum Gasteiger partial charge on any atom is -0.444 e. The lowest BCUT2D eigenvalue weighted by atomic mass is 10.2. The summed E-state index contributed by atoms with van der Waals surface area (Å²) in [5.74, 6) is -0.0547. The normalized spacial score (nSPS) is 12.2. The maximum atomic E-state index is 13.2. The summed E-state index contributed by atoms with van der Waals surface area (Å²) in [7, 11) is 0. The molecule has 0 fully saturated rings. The number of amides is 2. The fourth-order valence-corrected chi connectivity index (χ4v) is 2.40. The number of aromatic nitrogens is 1. The highest BCUT2D eigenvalue weighted by Crippen LogP contribution is 2.29. The first-order valence-corrected chi connectivity index (χ1v) is 8.70. The van der Waals surface area contributed by atoms with Crippen LogP contribution in [0.2, 0.25) is 0 Å². The van der Waals surface area contributed by atoms with Crippen LogP contribution in [0.15, 0.2) is 42.5 Å². The van der Waals surface area contributed by atoms with Crippen LogP contribution in [0.5, 0.6) is 0 Å². The highest BCUT2D eigenvalue weighted by Gasteiger charge is 2.28. The van der Waals surface area contributed by atoms with Crippen molar-refractivity contribution in [2.24, 2.45) is 0 Å². The Balaban J connectivity index is 2.35. The van der Waals surface area contributed by atoms with Crippen molar-refractivity contribution in [3.63, 3.8) is 0 Å². The molecule has 2 amide bonds. The molecule has 0 saturated heterocycles. The fourth-order valence-electron chi connectivity index (χ4n) is 2.40. The van der Waals surface area contributed by atoms with Crippen molar-refractivity contribution in [2.45, 2.75) is 46.3 Å². The van der Waals surface area contributed by atoms with E-state index in [2.05, 4.69) is 10.3 Å². The second-order valence-corrected chi connectivity index (χ2v) is 7.24. The number of carbonyl (C=O) groups excluding carboxylic acids is 2. The molecule has 3 N–H and O–H groups in total. The molecule has 7 nitrogen and oxygen atoms in total. The van der Waals surface area contributed by atoms with Gasteiger partial charge >= 0.3 is 6.09 Å². The number of nitrogen functional groups attached to an aromatic ring is 1. The van der Waals surface area contributed by atoms with Gasteiger partial charge in [-0.2, -0.15) is 0 Å². The van der Waals surface area contributed by atoms with Gasteiger partial charge < -0.3 is 15.8 Å². The first kappa shape index (κ1) is 20.2. The lowest BCUT2D eigenvalue weighted by Gasteiger charge is -2.27. The number of hydrogen-bond acceptors (Lipinski definition) is 5. The highest BCUT2D eigenvalue weighted by atomic mass is 16.6. The van der Waals surface area contributed by atoms with Crippen LogP contribution in [-0.2, 0) is 9.53 Å². The second kappa shape index (κ2) is 8.07. The summed E-state index contributed by atoms with van der Waals surface area (Å²) in [5.41, 5.74) is 7.11. The van der Waals surface area contributed by atoms with Gasteiger partial charge in [0.15, 0.2) is 5.82 Å². The molecule has 0 aliphatic heterocycles. The molecule has 2 rings (SSSR count).